The van der Waals surface area contributed by atoms with Gasteiger partial charge >= 0.3 is 8.25 Å². The lowest BCUT2D eigenvalue weighted by Crippen LogP contribution is -2.17. The predicted molar refractivity (Wildman–Crippen MR) is 145 cm³/mol. The highest BCUT2D eigenvalue weighted by Gasteiger charge is 2.27. The van der Waals surface area contributed by atoms with Gasteiger partial charge in [-0.05, 0) is 49.7 Å². The molecule has 2 aromatic rings. The molecular weight excluding hydrogens is 471 g/mol. The number of carbonyl (C=O) groups excluding carboxylic acids is 2. The lowest BCUT2D eigenvalue weighted by Gasteiger charge is -2.09. The molecule has 0 aliphatic heterocycles. The van der Waals surface area contributed by atoms with Crippen molar-refractivity contribution >= 4 is 19.8 Å². The highest BCUT2D eigenvalue weighted by molar-refractivity contribution is 7.33. The summed E-state index contributed by atoms with van der Waals surface area (Å²) in [5.74, 6) is -0.456. The fourth-order valence-electron chi connectivity index (χ4n) is 4.08. The molecule has 0 fully saturated rings. The summed E-state index contributed by atoms with van der Waals surface area (Å²) in [5.41, 5.74) is 2.68. The standard InChI is InChI=1S/C30H42O5P/c1-25(15-7-3-9-17-27-19-11-5-12-20-27)29(31)23-34-36(33)35-24-30(32)26(2)16-8-4-10-18-28-21-13-6-14-22-28/h5-6,11-14,19-22,25-26H,3-4,7-10,15-18,23-24H2,1-2H3/q+1/t25-,26-/m0/s1. The summed E-state index contributed by atoms with van der Waals surface area (Å²) < 4.78 is 22.1. The second-order valence-electron chi connectivity index (χ2n) is 9.68. The minimum absolute atomic E-state index is 0.0831. The van der Waals surface area contributed by atoms with Crippen LogP contribution in [0.15, 0.2) is 60.7 Å². The van der Waals surface area contributed by atoms with E-state index in [1.54, 1.807) is 0 Å². The lowest BCUT2D eigenvalue weighted by molar-refractivity contribution is -0.125. The Morgan fingerprint density at radius 3 is 1.42 bits per heavy atom. The molecule has 0 heterocycles. The van der Waals surface area contributed by atoms with Crippen molar-refractivity contribution in [2.45, 2.75) is 78.1 Å². The molecule has 2 aromatic carbocycles. The van der Waals surface area contributed by atoms with E-state index >= 15 is 0 Å². The van der Waals surface area contributed by atoms with Crippen LogP contribution in [0.1, 0.15) is 76.3 Å². The van der Waals surface area contributed by atoms with Gasteiger partial charge in [0.05, 0.1) is 0 Å². The van der Waals surface area contributed by atoms with Gasteiger partial charge in [0.1, 0.15) is 0 Å². The maximum atomic E-state index is 12.3. The minimum atomic E-state index is -2.48. The second-order valence-corrected chi connectivity index (χ2v) is 10.6. The maximum Gasteiger partial charge on any atom is 0.698 e. The van der Waals surface area contributed by atoms with Gasteiger partial charge in [-0.1, -0.05) is 100 Å². The van der Waals surface area contributed by atoms with Crippen LogP contribution in [0.25, 0.3) is 0 Å². The van der Waals surface area contributed by atoms with Crippen molar-refractivity contribution in [2.24, 2.45) is 11.8 Å². The van der Waals surface area contributed by atoms with Gasteiger partial charge in [0, 0.05) is 16.4 Å². The molecule has 2 atom stereocenters. The third-order valence-corrected chi connectivity index (χ3v) is 7.29. The zero-order chi connectivity index (χ0) is 26.0. The van der Waals surface area contributed by atoms with Crippen molar-refractivity contribution in [3.63, 3.8) is 0 Å². The summed E-state index contributed by atoms with van der Waals surface area (Å²) in [6.07, 6.45) is 9.96. The average Bonchev–Trinajstić information content (AvgIpc) is 2.90. The third kappa shape index (κ3) is 13.2. The molecule has 0 aliphatic carbocycles. The topological polar surface area (TPSA) is 69.7 Å². The molecule has 0 spiro atoms. The summed E-state index contributed by atoms with van der Waals surface area (Å²) in [7, 11) is -2.48. The first-order valence-electron chi connectivity index (χ1n) is 13.3. The third-order valence-electron chi connectivity index (χ3n) is 6.61. The van der Waals surface area contributed by atoms with Crippen LogP contribution in [0.4, 0.5) is 0 Å². The van der Waals surface area contributed by atoms with Gasteiger partial charge in [-0.3, -0.25) is 9.59 Å². The fraction of sp³-hybridized carbons (Fsp3) is 0.533. The van der Waals surface area contributed by atoms with Crippen LogP contribution in [0.5, 0.6) is 0 Å². The molecule has 5 nitrogen and oxygen atoms in total. The molecule has 0 aliphatic rings. The van der Waals surface area contributed by atoms with E-state index in [4.69, 9.17) is 9.05 Å². The van der Waals surface area contributed by atoms with Crippen LogP contribution in [-0.2, 0) is 36.0 Å². The number of aryl methyl sites for hydroxylation is 2. The lowest BCUT2D eigenvalue weighted by atomic mass is 9.98. The number of rotatable bonds is 20. The Morgan fingerprint density at radius 1 is 0.639 bits per heavy atom. The molecule has 2 rings (SSSR count). The summed E-state index contributed by atoms with van der Waals surface area (Å²) in [6.45, 7) is 3.26. The smallest absolute Gasteiger partial charge is 0.297 e. The highest BCUT2D eigenvalue weighted by Crippen LogP contribution is 2.25. The number of carbonyl (C=O) groups is 2. The van der Waals surface area contributed by atoms with Crippen LogP contribution in [0.2, 0.25) is 0 Å². The molecule has 6 heteroatoms. The van der Waals surface area contributed by atoms with Gasteiger partial charge in [0.15, 0.2) is 24.8 Å². The number of ketones is 2. The van der Waals surface area contributed by atoms with E-state index in [1.165, 1.54) is 11.1 Å². The fourth-order valence-corrected chi connectivity index (χ4v) is 4.62. The van der Waals surface area contributed by atoms with Crippen LogP contribution in [0, 0.1) is 11.8 Å². The summed E-state index contributed by atoms with van der Waals surface area (Å²) in [6, 6.07) is 20.8. The highest BCUT2D eigenvalue weighted by atomic mass is 31.1. The molecule has 0 unspecified atom stereocenters. The first-order valence-corrected chi connectivity index (χ1v) is 14.4. The van der Waals surface area contributed by atoms with E-state index in [0.717, 1.165) is 64.2 Å². The molecule has 36 heavy (non-hydrogen) atoms. The van der Waals surface area contributed by atoms with E-state index in [9.17, 15) is 14.2 Å². The van der Waals surface area contributed by atoms with Crippen LogP contribution < -0.4 is 0 Å². The van der Waals surface area contributed by atoms with E-state index < -0.39 is 8.25 Å². The van der Waals surface area contributed by atoms with E-state index in [1.807, 2.05) is 26.0 Å². The number of unbranched alkanes of at least 4 members (excludes halogenated alkanes) is 4. The molecule has 0 saturated heterocycles. The van der Waals surface area contributed by atoms with Crippen molar-refractivity contribution < 1.29 is 23.2 Å². The molecule has 0 saturated carbocycles. The maximum absolute atomic E-state index is 12.3. The molecular formula is C30H42O5P+. The molecule has 196 valence electrons. The van der Waals surface area contributed by atoms with Gasteiger partial charge in [-0.15, -0.1) is 9.05 Å². The van der Waals surface area contributed by atoms with Gasteiger partial charge < -0.3 is 0 Å². The van der Waals surface area contributed by atoms with Crippen LogP contribution >= 0.6 is 8.25 Å². The van der Waals surface area contributed by atoms with Crippen molar-refractivity contribution in [3.8, 4) is 0 Å². The van der Waals surface area contributed by atoms with Gasteiger partial charge in [-0.25, -0.2) is 0 Å². The molecule has 0 aromatic heterocycles. The van der Waals surface area contributed by atoms with E-state index in [2.05, 4.69) is 48.5 Å². The Balaban J connectivity index is 1.48. The van der Waals surface area contributed by atoms with Gasteiger partial charge in [0.25, 0.3) is 0 Å². The number of benzene rings is 2. The molecule has 0 bridgehead atoms. The minimum Gasteiger partial charge on any atom is -0.297 e. The monoisotopic (exact) mass is 513 g/mol. The second kappa shape index (κ2) is 18.1. The van der Waals surface area contributed by atoms with Crippen LogP contribution in [-0.4, -0.2) is 24.8 Å². The Morgan fingerprint density at radius 2 is 1.03 bits per heavy atom. The quantitative estimate of drug-likeness (QED) is 0.134. The predicted octanol–water partition coefficient (Wildman–Crippen LogP) is 7.69. The Kier molecular flexibility index (Phi) is 15.1. The van der Waals surface area contributed by atoms with Crippen molar-refractivity contribution in [1.29, 1.82) is 0 Å². The van der Waals surface area contributed by atoms with Crippen molar-refractivity contribution in [2.75, 3.05) is 13.2 Å². The average molecular weight is 514 g/mol. The Hall–Kier alpha value is -2.20. The first-order chi connectivity index (χ1) is 17.5. The first kappa shape index (κ1) is 30.0. The van der Waals surface area contributed by atoms with E-state index in [0.29, 0.717) is 0 Å². The zero-order valence-electron chi connectivity index (χ0n) is 21.9. The van der Waals surface area contributed by atoms with Gasteiger partial charge in [0.2, 0.25) is 0 Å². The summed E-state index contributed by atoms with van der Waals surface area (Å²) >= 11 is 0. The molecule has 0 amide bonds. The number of hydrogen-bond acceptors (Lipinski definition) is 5. The number of hydrogen-bond donors (Lipinski definition) is 0. The Labute approximate surface area is 217 Å². The largest absolute Gasteiger partial charge is 0.698 e. The summed E-state index contributed by atoms with van der Waals surface area (Å²) in [5, 5.41) is 0. The molecule has 0 N–H and O–H groups in total. The van der Waals surface area contributed by atoms with Crippen molar-refractivity contribution in [1.82, 2.24) is 0 Å². The van der Waals surface area contributed by atoms with E-state index in [-0.39, 0.29) is 36.6 Å². The normalized spacial score (nSPS) is 12.7. The SMILES string of the molecule is C[C@@H](CCCCCc1ccccc1)C(=O)CO[P+](=O)OCC(=O)[C@@H](C)CCCCCc1ccccc1. The van der Waals surface area contributed by atoms with Crippen LogP contribution in [0.3, 0.4) is 0 Å². The van der Waals surface area contributed by atoms with Crippen molar-refractivity contribution in [3.05, 3.63) is 71.8 Å². The summed E-state index contributed by atoms with van der Waals surface area (Å²) in [4.78, 5) is 24.5. The zero-order valence-corrected chi connectivity index (χ0v) is 22.8. The number of Topliss-reactive ketones (excluding diaryl/α,β-unsaturated/α-hetero) is 2. The Bertz CT molecular complexity index is 827. The van der Waals surface area contributed by atoms with Gasteiger partial charge in [-0.2, -0.15) is 0 Å². The molecule has 0 radical (unpaired) electrons.